The molecule has 0 unspecified atom stereocenters. The third-order valence-electron chi connectivity index (χ3n) is 2.50. The van der Waals surface area contributed by atoms with Crippen molar-refractivity contribution in [3.63, 3.8) is 0 Å². The summed E-state index contributed by atoms with van der Waals surface area (Å²) in [7, 11) is 0. The molecule has 1 heterocycles. The van der Waals surface area contributed by atoms with Gasteiger partial charge in [0.25, 0.3) is 0 Å². The molecule has 0 aliphatic carbocycles. The van der Waals surface area contributed by atoms with Crippen molar-refractivity contribution in [2.24, 2.45) is 15.3 Å². The zero-order chi connectivity index (χ0) is 11.9. The van der Waals surface area contributed by atoms with Gasteiger partial charge in [-0.05, 0) is 31.9 Å². The lowest BCUT2D eigenvalue weighted by molar-refractivity contribution is 0.748. The molecule has 0 spiro atoms. The van der Waals surface area contributed by atoms with E-state index in [0.717, 1.165) is 31.6 Å². The average Bonchev–Trinajstić information content (AvgIpc) is 2.60. The molecule has 0 amide bonds. The first kappa shape index (κ1) is 11.6. The van der Waals surface area contributed by atoms with Crippen LogP contribution in [-0.2, 0) is 0 Å². The van der Waals surface area contributed by atoms with E-state index in [2.05, 4.69) is 33.0 Å². The summed E-state index contributed by atoms with van der Waals surface area (Å²) in [5.74, 6) is 0.613. The van der Waals surface area contributed by atoms with Gasteiger partial charge in [-0.1, -0.05) is 28.0 Å². The Kier molecular flexibility index (Phi) is 4.07. The molecule has 2 N–H and O–H groups in total. The molecule has 17 heavy (non-hydrogen) atoms. The van der Waals surface area contributed by atoms with E-state index in [1.807, 2.05) is 24.3 Å². The van der Waals surface area contributed by atoms with Crippen LogP contribution in [-0.4, -0.2) is 19.0 Å². The van der Waals surface area contributed by atoms with Crippen LogP contribution in [0.3, 0.4) is 0 Å². The van der Waals surface area contributed by atoms with Gasteiger partial charge in [0.15, 0.2) is 0 Å². The van der Waals surface area contributed by atoms with Gasteiger partial charge in [0.05, 0.1) is 5.69 Å². The Hall–Kier alpha value is -1.91. The third-order valence-corrected chi connectivity index (χ3v) is 2.50. The first-order chi connectivity index (χ1) is 8.34. The lowest BCUT2D eigenvalue weighted by Gasteiger charge is -2.01. The van der Waals surface area contributed by atoms with Crippen LogP contribution in [0.2, 0.25) is 0 Å². The zero-order valence-electron chi connectivity index (χ0n) is 9.98. The quantitative estimate of drug-likeness (QED) is 0.607. The van der Waals surface area contributed by atoms with E-state index < -0.39 is 0 Å². The second kappa shape index (κ2) is 5.98. The van der Waals surface area contributed by atoms with E-state index in [9.17, 15) is 0 Å². The van der Waals surface area contributed by atoms with Crippen molar-refractivity contribution in [2.45, 2.75) is 19.8 Å². The van der Waals surface area contributed by atoms with Crippen LogP contribution in [0.5, 0.6) is 0 Å². The van der Waals surface area contributed by atoms with E-state index in [0.29, 0.717) is 5.96 Å². The van der Waals surface area contributed by atoms with Crippen LogP contribution < -0.4 is 10.7 Å². The molecule has 0 aromatic heterocycles. The molecule has 0 saturated heterocycles. The number of hydrogen-bond acceptors (Lipinski definition) is 4. The number of nitrogens with zero attached hydrogens (tertiary/aromatic N) is 3. The lowest BCUT2D eigenvalue weighted by Crippen LogP contribution is -2.20. The zero-order valence-corrected chi connectivity index (χ0v) is 9.98. The Balaban J connectivity index is 1.88. The molecule has 0 bridgehead atoms. The molecule has 1 aromatic rings. The van der Waals surface area contributed by atoms with Crippen molar-refractivity contribution >= 4 is 11.6 Å². The van der Waals surface area contributed by atoms with Crippen molar-refractivity contribution in [1.29, 1.82) is 0 Å². The van der Waals surface area contributed by atoms with Crippen molar-refractivity contribution in [3.8, 4) is 0 Å². The second-order valence-corrected chi connectivity index (χ2v) is 4.02. The summed E-state index contributed by atoms with van der Waals surface area (Å²) >= 11 is 0. The molecule has 5 nitrogen and oxygen atoms in total. The first-order valence-electron chi connectivity index (χ1n) is 5.86. The highest BCUT2D eigenvalue weighted by molar-refractivity contribution is 5.80. The number of rotatable bonds is 2. The SMILES string of the molecule is Cc1ccc(N/N=N/C2=NCCCCN2)cc1. The molecule has 90 valence electrons. The normalized spacial score (nSPS) is 16.2. The molecule has 2 rings (SSSR count). The molecule has 0 atom stereocenters. The summed E-state index contributed by atoms with van der Waals surface area (Å²) in [6, 6.07) is 7.99. The maximum Gasteiger partial charge on any atom is 0.239 e. The fraction of sp³-hybridized carbons (Fsp3) is 0.417. The summed E-state index contributed by atoms with van der Waals surface area (Å²) in [5, 5.41) is 11.1. The molecule has 0 radical (unpaired) electrons. The Morgan fingerprint density at radius 3 is 2.88 bits per heavy atom. The van der Waals surface area contributed by atoms with E-state index in [1.54, 1.807) is 0 Å². The molecule has 1 aliphatic rings. The smallest absolute Gasteiger partial charge is 0.239 e. The summed E-state index contributed by atoms with van der Waals surface area (Å²) in [6.07, 6.45) is 2.24. The van der Waals surface area contributed by atoms with E-state index in [1.165, 1.54) is 5.56 Å². The third kappa shape index (κ3) is 3.86. The van der Waals surface area contributed by atoms with E-state index >= 15 is 0 Å². The summed E-state index contributed by atoms with van der Waals surface area (Å²) in [4.78, 5) is 4.27. The molecule has 5 heteroatoms. The van der Waals surface area contributed by atoms with Crippen molar-refractivity contribution in [1.82, 2.24) is 5.32 Å². The average molecular weight is 231 g/mol. The van der Waals surface area contributed by atoms with Crippen LogP contribution in [0.15, 0.2) is 39.6 Å². The molecule has 0 saturated carbocycles. The van der Waals surface area contributed by atoms with Crippen LogP contribution in [0.1, 0.15) is 18.4 Å². The molecule has 1 aromatic carbocycles. The molecular weight excluding hydrogens is 214 g/mol. The predicted octanol–water partition coefficient (Wildman–Crippen LogP) is 2.51. The van der Waals surface area contributed by atoms with Gasteiger partial charge in [-0.2, -0.15) is 0 Å². The maximum absolute atomic E-state index is 4.27. The van der Waals surface area contributed by atoms with E-state index in [-0.39, 0.29) is 0 Å². The Labute approximate surface area is 101 Å². The molecule has 1 aliphatic heterocycles. The Bertz CT molecular complexity index is 407. The Morgan fingerprint density at radius 1 is 1.24 bits per heavy atom. The summed E-state index contributed by atoms with van der Waals surface area (Å²) < 4.78 is 0. The van der Waals surface area contributed by atoms with Gasteiger partial charge in [-0.3, -0.25) is 5.43 Å². The van der Waals surface area contributed by atoms with Gasteiger partial charge >= 0.3 is 0 Å². The van der Waals surface area contributed by atoms with Crippen molar-refractivity contribution in [2.75, 3.05) is 18.5 Å². The monoisotopic (exact) mass is 231 g/mol. The van der Waals surface area contributed by atoms with Crippen molar-refractivity contribution in [3.05, 3.63) is 29.8 Å². The number of anilines is 1. The number of hydrogen-bond donors (Lipinski definition) is 2. The summed E-state index contributed by atoms with van der Waals surface area (Å²) in [5.41, 5.74) is 5.03. The first-order valence-corrected chi connectivity index (χ1v) is 5.86. The summed E-state index contributed by atoms with van der Waals surface area (Å²) in [6.45, 7) is 3.80. The minimum absolute atomic E-state index is 0.613. The van der Waals surface area contributed by atoms with Gasteiger partial charge in [-0.15, -0.1) is 0 Å². The number of benzene rings is 1. The number of aryl methyl sites for hydroxylation is 1. The second-order valence-electron chi connectivity index (χ2n) is 4.02. The predicted molar refractivity (Wildman–Crippen MR) is 69.2 cm³/mol. The van der Waals surface area contributed by atoms with Crippen LogP contribution in [0, 0.1) is 6.92 Å². The maximum atomic E-state index is 4.27. The number of nitrogens with one attached hydrogen (secondary N) is 2. The van der Waals surface area contributed by atoms with Gasteiger partial charge in [0.2, 0.25) is 5.96 Å². The highest BCUT2D eigenvalue weighted by Gasteiger charge is 2.00. The molecular formula is C12H17N5. The lowest BCUT2D eigenvalue weighted by atomic mass is 10.2. The number of aliphatic imine (C=N–C) groups is 1. The number of guanidine groups is 1. The van der Waals surface area contributed by atoms with Gasteiger partial charge < -0.3 is 5.32 Å². The fourth-order valence-corrected chi connectivity index (χ4v) is 1.50. The van der Waals surface area contributed by atoms with Crippen LogP contribution in [0.4, 0.5) is 5.69 Å². The van der Waals surface area contributed by atoms with Crippen LogP contribution in [0.25, 0.3) is 0 Å². The minimum atomic E-state index is 0.613. The highest BCUT2D eigenvalue weighted by Crippen LogP contribution is 2.08. The molecule has 0 fully saturated rings. The van der Waals surface area contributed by atoms with Gasteiger partial charge in [0.1, 0.15) is 0 Å². The highest BCUT2D eigenvalue weighted by atomic mass is 15.4. The van der Waals surface area contributed by atoms with Crippen molar-refractivity contribution < 1.29 is 0 Å². The largest absolute Gasteiger partial charge is 0.353 e. The van der Waals surface area contributed by atoms with Gasteiger partial charge in [0, 0.05) is 13.1 Å². The van der Waals surface area contributed by atoms with Gasteiger partial charge in [-0.25, -0.2) is 4.99 Å². The minimum Gasteiger partial charge on any atom is -0.353 e. The fourth-order valence-electron chi connectivity index (χ4n) is 1.50. The van der Waals surface area contributed by atoms with E-state index in [4.69, 9.17) is 0 Å². The topological polar surface area (TPSA) is 61.1 Å². The van der Waals surface area contributed by atoms with Crippen LogP contribution >= 0.6 is 0 Å². The Morgan fingerprint density at radius 2 is 2.06 bits per heavy atom. The standard InChI is InChI=1S/C12H17N5/c1-10-4-6-11(7-5-10)15-17-16-12-13-8-2-3-9-14-12/h4-7H,2-3,8-9H2,1H3,(H2,13,14,15,16).